The maximum atomic E-state index is 6.09. The summed E-state index contributed by atoms with van der Waals surface area (Å²) in [5.41, 5.74) is 9.78. The third-order valence-corrected chi connectivity index (χ3v) is 5.44. The van der Waals surface area contributed by atoms with Gasteiger partial charge in [-0.2, -0.15) is 9.97 Å². The first-order valence-corrected chi connectivity index (χ1v) is 10.6. The number of nitrogens with two attached hydrogens (primary N) is 1. The van der Waals surface area contributed by atoms with Crippen LogP contribution in [0.1, 0.15) is 24.5 Å². The maximum Gasteiger partial charge on any atom is 0.320 e. The van der Waals surface area contributed by atoms with E-state index in [4.69, 9.17) is 15.2 Å². The van der Waals surface area contributed by atoms with Crippen molar-refractivity contribution < 1.29 is 9.47 Å². The summed E-state index contributed by atoms with van der Waals surface area (Å²) in [7, 11) is 0. The van der Waals surface area contributed by atoms with E-state index in [1.54, 1.807) is 0 Å². The predicted molar refractivity (Wildman–Crippen MR) is 115 cm³/mol. The minimum Gasteiger partial charge on any atom is -0.463 e. The monoisotopic (exact) mass is 460 g/mol. The number of ether oxygens (including phenoxy) is 2. The smallest absolute Gasteiger partial charge is 0.320 e. The molecule has 3 heterocycles. The number of imidazole rings is 1. The summed E-state index contributed by atoms with van der Waals surface area (Å²) in [4.78, 5) is 15.7. The number of halogens is 1. The van der Waals surface area contributed by atoms with Crippen molar-refractivity contribution in [3.8, 4) is 6.01 Å². The molecule has 1 aliphatic rings. The fourth-order valence-corrected chi connectivity index (χ4v) is 3.87. The van der Waals surface area contributed by atoms with Crippen molar-refractivity contribution in [2.75, 3.05) is 38.6 Å². The topological polar surface area (TPSA) is 91.3 Å². The van der Waals surface area contributed by atoms with Gasteiger partial charge in [0.15, 0.2) is 21.7 Å². The first-order valence-electron chi connectivity index (χ1n) is 9.84. The van der Waals surface area contributed by atoms with Gasteiger partial charge in [0.05, 0.1) is 26.4 Å². The molecule has 0 aliphatic carbocycles. The zero-order valence-electron chi connectivity index (χ0n) is 16.5. The number of nitrogen functional groups attached to an aromatic ring is 1. The van der Waals surface area contributed by atoms with Crippen LogP contribution < -0.4 is 10.5 Å². The molecule has 9 heteroatoms. The van der Waals surface area contributed by atoms with Crippen molar-refractivity contribution in [3.05, 3.63) is 40.1 Å². The number of hydrogen-bond donors (Lipinski definition) is 1. The molecule has 4 rings (SSSR count). The Labute approximate surface area is 178 Å². The van der Waals surface area contributed by atoms with Gasteiger partial charge in [-0.3, -0.25) is 9.47 Å². The molecule has 154 valence electrons. The molecule has 0 amide bonds. The minimum absolute atomic E-state index is 0.284. The first kappa shape index (κ1) is 20.1. The lowest BCUT2D eigenvalue weighted by atomic mass is 10.1. The van der Waals surface area contributed by atoms with E-state index in [2.05, 4.69) is 60.0 Å². The van der Waals surface area contributed by atoms with Crippen LogP contribution in [-0.4, -0.2) is 57.3 Å². The largest absolute Gasteiger partial charge is 0.463 e. The van der Waals surface area contributed by atoms with Gasteiger partial charge in [0.1, 0.15) is 0 Å². The van der Waals surface area contributed by atoms with Gasteiger partial charge in [0.25, 0.3) is 0 Å². The summed E-state index contributed by atoms with van der Waals surface area (Å²) in [5.74, 6) is 0.321. The molecule has 8 nitrogen and oxygen atoms in total. The summed E-state index contributed by atoms with van der Waals surface area (Å²) in [6.07, 6.45) is 0.875. The van der Waals surface area contributed by atoms with E-state index in [9.17, 15) is 0 Å². The molecule has 1 aliphatic heterocycles. The SMILES string of the molecule is CCCOc1nc(N)c2nc(Br)n(Cc3cccc(CN4CCOCC4)c3)c2n1. The summed E-state index contributed by atoms with van der Waals surface area (Å²) in [6, 6.07) is 8.88. The molecule has 1 saturated heterocycles. The Bertz CT molecular complexity index is 987. The molecule has 1 aromatic carbocycles. The molecule has 2 N–H and O–H groups in total. The average molecular weight is 461 g/mol. The van der Waals surface area contributed by atoms with Gasteiger partial charge in [-0.25, -0.2) is 4.98 Å². The summed E-state index contributed by atoms with van der Waals surface area (Å²) < 4.78 is 13.7. The van der Waals surface area contributed by atoms with Crippen molar-refractivity contribution >= 4 is 32.9 Å². The molecule has 0 saturated carbocycles. The van der Waals surface area contributed by atoms with Gasteiger partial charge in [0.2, 0.25) is 0 Å². The highest BCUT2D eigenvalue weighted by Gasteiger charge is 2.17. The van der Waals surface area contributed by atoms with E-state index in [0.29, 0.717) is 34.9 Å². The summed E-state index contributed by atoms with van der Waals surface area (Å²) in [5, 5.41) is 0. The lowest BCUT2D eigenvalue weighted by Gasteiger charge is -2.26. The number of anilines is 1. The lowest BCUT2D eigenvalue weighted by Crippen LogP contribution is -2.35. The van der Waals surface area contributed by atoms with Crippen LogP contribution in [0.15, 0.2) is 29.0 Å². The molecular formula is C20H25BrN6O2. The fraction of sp³-hybridized carbons (Fsp3) is 0.450. The number of hydrogen-bond acceptors (Lipinski definition) is 7. The predicted octanol–water partition coefficient (Wildman–Crippen LogP) is 2.84. The molecule has 2 aromatic heterocycles. The van der Waals surface area contributed by atoms with Crippen LogP contribution in [0.3, 0.4) is 0 Å². The van der Waals surface area contributed by atoms with E-state index in [1.165, 1.54) is 11.1 Å². The standard InChI is InChI=1S/C20H25BrN6O2/c1-2-8-29-20-24-17(22)16-18(25-20)27(19(21)23-16)13-15-5-3-4-14(11-15)12-26-6-9-28-10-7-26/h3-5,11H,2,6-10,12-13H2,1H3,(H2,22,24,25). The molecule has 0 spiro atoms. The van der Waals surface area contributed by atoms with E-state index in [-0.39, 0.29) is 6.01 Å². The molecular weight excluding hydrogens is 436 g/mol. The second-order valence-electron chi connectivity index (χ2n) is 7.09. The van der Waals surface area contributed by atoms with Crippen LogP contribution >= 0.6 is 15.9 Å². The highest BCUT2D eigenvalue weighted by molar-refractivity contribution is 9.10. The first-order chi connectivity index (χ1) is 14.1. The Morgan fingerprint density at radius 2 is 1.90 bits per heavy atom. The number of rotatable bonds is 7. The van der Waals surface area contributed by atoms with Crippen molar-refractivity contribution in [3.63, 3.8) is 0 Å². The van der Waals surface area contributed by atoms with Crippen molar-refractivity contribution in [2.24, 2.45) is 0 Å². The summed E-state index contributed by atoms with van der Waals surface area (Å²) in [6.45, 7) is 7.67. The number of fused-ring (bicyclic) bond motifs is 1. The molecule has 0 atom stereocenters. The van der Waals surface area contributed by atoms with Gasteiger partial charge in [-0.1, -0.05) is 31.2 Å². The number of nitrogens with zero attached hydrogens (tertiary/aromatic N) is 5. The van der Waals surface area contributed by atoms with Crippen LogP contribution in [0.4, 0.5) is 5.82 Å². The number of aromatic nitrogens is 4. The van der Waals surface area contributed by atoms with Crippen molar-refractivity contribution in [2.45, 2.75) is 26.4 Å². The zero-order chi connectivity index (χ0) is 20.2. The van der Waals surface area contributed by atoms with E-state index in [1.807, 2.05) is 11.5 Å². The molecule has 3 aromatic rings. The minimum atomic E-state index is 0.284. The van der Waals surface area contributed by atoms with Crippen LogP contribution in [-0.2, 0) is 17.8 Å². The van der Waals surface area contributed by atoms with E-state index < -0.39 is 0 Å². The maximum absolute atomic E-state index is 6.09. The third-order valence-electron chi connectivity index (χ3n) is 4.83. The molecule has 29 heavy (non-hydrogen) atoms. The Morgan fingerprint density at radius 1 is 1.14 bits per heavy atom. The van der Waals surface area contributed by atoms with E-state index >= 15 is 0 Å². The van der Waals surface area contributed by atoms with Gasteiger partial charge < -0.3 is 15.2 Å². The van der Waals surface area contributed by atoms with Crippen molar-refractivity contribution in [1.29, 1.82) is 0 Å². The van der Waals surface area contributed by atoms with Gasteiger partial charge in [-0.15, -0.1) is 0 Å². The second kappa shape index (κ2) is 9.06. The van der Waals surface area contributed by atoms with Gasteiger partial charge in [-0.05, 0) is 33.5 Å². The van der Waals surface area contributed by atoms with Crippen LogP contribution in [0.25, 0.3) is 11.2 Å². The molecule has 0 unspecified atom stereocenters. The van der Waals surface area contributed by atoms with Crippen LogP contribution in [0.2, 0.25) is 0 Å². The average Bonchev–Trinajstić information content (AvgIpc) is 3.04. The van der Waals surface area contributed by atoms with Crippen molar-refractivity contribution in [1.82, 2.24) is 24.4 Å². The molecule has 0 bridgehead atoms. The lowest BCUT2D eigenvalue weighted by molar-refractivity contribution is 0.0342. The Morgan fingerprint density at radius 3 is 2.66 bits per heavy atom. The Balaban J connectivity index is 1.59. The highest BCUT2D eigenvalue weighted by Crippen LogP contribution is 2.25. The fourth-order valence-electron chi connectivity index (χ4n) is 3.40. The normalized spacial score (nSPS) is 15.1. The van der Waals surface area contributed by atoms with Gasteiger partial charge in [0, 0.05) is 19.6 Å². The van der Waals surface area contributed by atoms with Crippen LogP contribution in [0.5, 0.6) is 6.01 Å². The van der Waals surface area contributed by atoms with Crippen LogP contribution in [0, 0.1) is 0 Å². The molecule has 0 radical (unpaired) electrons. The zero-order valence-corrected chi connectivity index (χ0v) is 18.1. The highest BCUT2D eigenvalue weighted by atomic mass is 79.9. The second-order valence-corrected chi connectivity index (χ2v) is 7.80. The molecule has 1 fully saturated rings. The third kappa shape index (κ3) is 4.68. The Hall–Kier alpha value is -2.23. The van der Waals surface area contributed by atoms with E-state index in [0.717, 1.165) is 39.3 Å². The van der Waals surface area contributed by atoms with Gasteiger partial charge >= 0.3 is 6.01 Å². The number of morpholine rings is 1. The number of benzene rings is 1. The quantitative estimate of drug-likeness (QED) is 0.541. The Kier molecular flexibility index (Phi) is 6.27. The summed E-state index contributed by atoms with van der Waals surface area (Å²) >= 11 is 3.54.